The number of hydrogen-bond donors (Lipinski definition) is 1. The van der Waals surface area contributed by atoms with E-state index >= 15 is 0 Å². The Morgan fingerprint density at radius 3 is 2.46 bits per heavy atom. The van der Waals surface area contributed by atoms with Crippen molar-refractivity contribution in [3.8, 4) is 0 Å². The lowest BCUT2D eigenvalue weighted by Gasteiger charge is -2.09. The lowest BCUT2D eigenvalue weighted by atomic mass is 10.1. The van der Waals surface area contributed by atoms with Gasteiger partial charge in [-0.2, -0.15) is 11.3 Å². The molecule has 0 saturated carbocycles. The van der Waals surface area contributed by atoms with Gasteiger partial charge in [0.2, 0.25) is 0 Å². The average Bonchev–Trinajstić information content (AvgIpc) is 2.62. The van der Waals surface area contributed by atoms with Crippen LogP contribution in [0.25, 0.3) is 0 Å². The maximum absolute atomic E-state index is 11.0. The molecule has 74 valence electrons. The van der Waals surface area contributed by atoms with Crippen LogP contribution in [0.4, 0.5) is 0 Å². The maximum atomic E-state index is 11.0. The van der Waals surface area contributed by atoms with Crippen molar-refractivity contribution in [1.82, 2.24) is 5.32 Å². The number of nitrogens with one attached hydrogen (secondary N) is 1. The van der Waals surface area contributed by atoms with E-state index in [1.54, 1.807) is 25.3 Å². The summed E-state index contributed by atoms with van der Waals surface area (Å²) in [7, 11) is 1.80. The Bertz CT molecular complexity index is 231. The van der Waals surface area contributed by atoms with Gasteiger partial charge in [-0.3, -0.25) is 4.79 Å². The predicted molar refractivity (Wildman–Crippen MR) is 58.1 cm³/mol. The van der Waals surface area contributed by atoms with E-state index < -0.39 is 0 Å². The van der Waals surface area contributed by atoms with Crippen LogP contribution in [0.1, 0.15) is 32.4 Å². The zero-order valence-corrected chi connectivity index (χ0v) is 9.44. The summed E-state index contributed by atoms with van der Waals surface area (Å²) >= 11 is 1.61. The summed E-state index contributed by atoms with van der Waals surface area (Å²) < 4.78 is 0. The van der Waals surface area contributed by atoms with Crippen LogP contribution in [0.15, 0.2) is 16.8 Å². The van der Waals surface area contributed by atoms with Gasteiger partial charge in [0.15, 0.2) is 5.78 Å². The molecule has 1 atom stereocenters. The van der Waals surface area contributed by atoms with Crippen LogP contribution < -0.4 is 5.32 Å². The zero-order valence-electron chi connectivity index (χ0n) is 8.63. The molecular formula is C10H17NOS. The highest BCUT2D eigenvalue weighted by atomic mass is 32.1. The van der Waals surface area contributed by atoms with Gasteiger partial charge in [0.1, 0.15) is 0 Å². The van der Waals surface area contributed by atoms with Crippen molar-refractivity contribution in [3.63, 3.8) is 0 Å². The average molecular weight is 199 g/mol. The minimum Gasteiger partial charge on any atom is -0.307 e. The van der Waals surface area contributed by atoms with Crippen LogP contribution in [0.5, 0.6) is 0 Å². The van der Waals surface area contributed by atoms with E-state index in [1.807, 2.05) is 30.7 Å². The number of likely N-dealkylation sites (N-methyl/N-ethyl adjacent to an activating group) is 1. The maximum Gasteiger partial charge on any atom is 0.151 e. The summed E-state index contributed by atoms with van der Waals surface area (Å²) in [4.78, 5) is 11.0. The summed E-state index contributed by atoms with van der Waals surface area (Å²) in [5.74, 6) is 0.158. The van der Waals surface area contributed by atoms with E-state index in [2.05, 4.69) is 5.32 Å². The normalized spacial score (nSPS) is 11.4. The van der Waals surface area contributed by atoms with E-state index in [0.29, 0.717) is 0 Å². The van der Waals surface area contributed by atoms with E-state index in [4.69, 9.17) is 0 Å². The lowest BCUT2D eigenvalue weighted by Crippen LogP contribution is -2.22. The molecular weight excluding hydrogens is 182 g/mol. The molecule has 3 heteroatoms. The monoisotopic (exact) mass is 199 g/mol. The molecule has 1 aromatic rings. The molecule has 0 amide bonds. The molecule has 2 nitrogen and oxygen atoms in total. The standard InChI is InChI=1S/C8H11NOS.C2H6/c1-6(10)8(9-2)7-3-4-11-5-7;1-2/h3-5,8-9H,1-2H3;1-2H3. The molecule has 0 aliphatic carbocycles. The Morgan fingerprint density at radius 2 is 2.15 bits per heavy atom. The number of Topliss-reactive ketones (excluding diaryl/α,β-unsaturated/α-hetero) is 1. The quantitative estimate of drug-likeness (QED) is 0.810. The predicted octanol–water partition coefficient (Wildman–Crippen LogP) is 2.62. The number of thiophene rings is 1. The molecule has 0 fully saturated rings. The highest BCUT2D eigenvalue weighted by molar-refractivity contribution is 7.08. The first-order valence-corrected chi connectivity index (χ1v) is 5.40. The van der Waals surface area contributed by atoms with Crippen molar-refractivity contribution < 1.29 is 4.79 Å². The molecule has 0 aromatic carbocycles. The number of ketones is 1. The fourth-order valence-corrected chi connectivity index (χ4v) is 1.73. The van der Waals surface area contributed by atoms with Crippen molar-refractivity contribution in [2.45, 2.75) is 26.8 Å². The molecule has 1 aromatic heterocycles. The van der Waals surface area contributed by atoms with Crippen LogP contribution in [0.3, 0.4) is 0 Å². The SMILES string of the molecule is CC.CNC(C(C)=O)c1ccsc1. The second-order valence-corrected chi connectivity index (χ2v) is 3.17. The zero-order chi connectivity index (χ0) is 10.3. The molecule has 0 bridgehead atoms. The Morgan fingerprint density at radius 1 is 1.54 bits per heavy atom. The second kappa shape index (κ2) is 6.80. The summed E-state index contributed by atoms with van der Waals surface area (Å²) in [5.41, 5.74) is 1.06. The van der Waals surface area contributed by atoms with Gasteiger partial charge >= 0.3 is 0 Å². The number of carbonyl (C=O) groups excluding carboxylic acids is 1. The van der Waals surface area contributed by atoms with Gasteiger partial charge in [0.05, 0.1) is 6.04 Å². The first-order chi connectivity index (χ1) is 6.25. The number of carbonyl (C=O) groups is 1. The fraction of sp³-hybridized carbons (Fsp3) is 0.500. The van der Waals surface area contributed by atoms with Gasteiger partial charge in [0.25, 0.3) is 0 Å². The Labute approximate surface area is 84.0 Å². The van der Waals surface area contributed by atoms with Gasteiger partial charge in [-0.1, -0.05) is 13.8 Å². The minimum absolute atomic E-state index is 0.124. The molecule has 1 rings (SSSR count). The summed E-state index contributed by atoms with van der Waals surface area (Å²) in [6.07, 6.45) is 0. The van der Waals surface area contributed by atoms with Crippen molar-refractivity contribution in [3.05, 3.63) is 22.4 Å². The van der Waals surface area contributed by atoms with Crippen LogP contribution in [0.2, 0.25) is 0 Å². The third-order valence-corrected chi connectivity index (χ3v) is 2.27. The number of hydrogen-bond acceptors (Lipinski definition) is 3. The Kier molecular flexibility index (Phi) is 6.45. The molecule has 0 aliphatic rings. The van der Waals surface area contributed by atoms with Gasteiger partial charge in [-0.05, 0) is 36.4 Å². The van der Waals surface area contributed by atoms with Crippen LogP contribution in [-0.4, -0.2) is 12.8 Å². The van der Waals surface area contributed by atoms with E-state index in [0.717, 1.165) is 5.56 Å². The van der Waals surface area contributed by atoms with Crippen LogP contribution in [-0.2, 0) is 4.79 Å². The van der Waals surface area contributed by atoms with Gasteiger partial charge < -0.3 is 5.32 Å². The Hall–Kier alpha value is -0.670. The van der Waals surface area contributed by atoms with Crippen LogP contribution in [0, 0.1) is 0 Å². The number of rotatable bonds is 3. The van der Waals surface area contributed by atoms with Crippen molar-refractivity contribution >= 4 is 17.1 Å². The topological polar surface area (TPSA) is 29.1 Å². The highest BCUT2D eigenvalue weighted by Crippen LogP contribution is 2.16. The molecule has 0 aliphatic heterocycles. The summed E-state index contributed by atoms with van der Waals surface area (Å²) in [6, 6.07) is 1.84. The first kappa shape index (κ1) is 12.3. The lowest BCUT2D eigenvalue weighted by molar-refractivity contribution is -0.118. The van der Waals surface area contributed by atoms with Crippen molar-refractivity contribution in [2.75, 3.05) is 7.05 Å². The van der Waals surface area contributed by atoms with E-state index in [-0.39, 0.29) is 11.8 Å². The molecule has 1 unspecified atom stereocenters. The third kappa shape index (κ3) is 3.70. The summed E-state index contributed by atoms with van der Waals surface area (Å²) in [5, 5.41) is 6.92. The van der Waals surface area contributed by atoms with Gasteiger partial charge in [-0.15, -0.1) is 0 Å². The molecule has 13 heavy (non-hydrogen) atoms. The smallest absolute Gasteiger partial charge is 0.151 e. The van der Waals surface area contributed by atoms with Crippen molar-refractivity contribution in [1.29, 1.82) is 0 Å². The summed E-state index contributed by atoms with van der Waals surface area (Å²) in [6.45, 7) is 5.60. The highest BCUT2D eigenvalue weighted by Gasteiger charge is 2.13. The fourth-order valence-electron chi connectivity index (χ4n) is 1.04. The largest absolute Gasteiger partial charge is 0.307 e. The first-order valence-electron chi connectivity index (χ1n) is 4.45. The van der Waals surface area contributed by atoms with Crippen LogP contribution >= 0.6 is 11.3 Å². The molecule has 1 heterocycles. The van der Waals surface area contributed by atoms with Gasteiger partial charge in [-0.25, -0.2) is 0 Å². The molecule has 0 radical (unpaired) electrons. The molecule has 0 spiro atoms. The second-order valence-electron chi connectivity index (χ2n) is 2.39. The Balaban J connectivity index is 0.000000671. The van der Waals surface area contributed by atoms with Crippen molar-refractivity contribution in [2.24, 2.45) is 0 Å². The molecule has 0 saturated heterocycles. The van der Waals surface area contributed by atoms with E-state index in [9.17, 15) is 4.79 Å². The van der Waals surface area contributed by atoms with Gasteiger partial charge in [0, 0.05) is 0 Å². The minimum atomic E-state index is -0.124. The third-order valence-electron chi connectivity index (χ3n) is 1.57. The molecule has 1 N–H and O–H groups in total. The van der Waals surface area contributed by atoms with E-state index in [1.165, 1.54) is 0 Å².